The number of rotatable bonds is 5. The highest BCUT2D eigenvalue weighted by Crippen LogP contribution is 2.30. The van der Waals surface area contributed by atoms with Gasteiger partial charge < -0.3 is 4.74 Å². The van der Waals surface area contributed by atoms with Gasteiger partial charge in [0.15, 0.2) is 0 Å². The number of aryl methyl sites for hydroxylation is 1. The first kappa shape index (κ1) is 21.9. The summed E-state index contributed by atoms with van der Waals surface area (Å²) >= 11 is 0. The van der Waals surface area contributed by atoms with E-state index in [4.69, 9.17) is 4.74 Å². The summed E-state index contributed by atoms with van der Waals surface area (Å²) in [4.78, 5) is 20.3. The van der Waals surface area contributed by atoms with Crippen LogP contribution in [0.15, 0.2) is 64.5 Å². The number of nitrogens with zero attached hydrogens (tertiary/aromatic N) is 3. The van der Waals surface area contributed by atoms with E-state index in [9.17, 15) is 17.6 Å². The summed E-state index contributed by atoms with van der Waals surface area (Å²) in [5, 5.41) is 0.513. The van der Waals surface area contributed by atoms with Crippen LogP contribution >= 0.6 is 9.24 Å². The Morgan fingerprint density at radius 2 is 1.91 bits per heavy atom. The average molecular weight is 472 g/mol. The van der Waals surface area contributed by atoms with Crippen molar-refractivity contribution in [2.75, 3.05) is 11.8 Å². The summed E-state index contributed by atoms with van der Waals surface area (Å²) in [7, 11) is -0.616. The molecule has 32 heavy (non-hydrogen) atoms. The van der Waals surface area contributed by atoms with Gasteiger partial charge in [-0.1, -0.05) is 6.07 Å². The quantitative estimate of drug-likeness (QED) is 0.448. The SMILES string of the molecule is COc1ncc(-c2ccc3nc(C)cc(=O)n3c2)cc1NS(=O)(=O)c1ccc(P)cc1F. The van der Waals surface area contributed by atoms with Gasteiger partial charge in [0.05, 0.1) is 7.11 Å². The standard InChI is InChI=1S/C21H18FN4O4PS/c1-12-7-20(27)26-11-13(3-6-19(26)24-12)14-8-17(21(30-2)23-10-14)25-32(28,29)18-5-4-15(31)9-16(18)22/h3-11,25H,31H2,1-2H3. The third kappa shape index (κ3) is 4.19. The van der Waals surface area contributed by atoms with Gasteiger partial charge in [-0.3, -0.25) is 13.9 Å². The lowest BCUT2D eigenvalue weighted by Crippen LogP contribution is -2.16. The molecule has 11 heteroatoms. The van der Waals surface area contributed by atoms with E-state index in [-0.39, 0.29) is 17.1 Å². The van der Waals surface area contributed by atoms with E-state index in [0.29, 0.717) is 27.8 Å². The molecule has 1 atom stereocenters. The first-order valence-electron chi connectivity index (χ1n) is 9.30. The largest absolute Gasteiger partial charge is 0.480 e. The topological polar surface area (TPSA) is 103 Å². The number of nitrogens with one attached hydrogen (secondary N) is 1. The number of halogens is 1. The van der Waals surface area contributed by atoms with Crippen molar-refractivity contribution in [3.05, 3.63) is 76.7 Å². The second-order valence-electron chi connectivity index (χ2n) is 6.96. The highest BCUT2D eigenvalue weighted by Gasteiger charge is 2.22. The smallest absolute Gasteiger partial charge is 0.264 e. The van der Waals surface area contributed by atoms with Crippen LogP contribution in [0.25, 0.3) is 16.8 Å². The number of fused-ring (bicyclic) bond motifs is 1. The highest BCUT2D eigenvalue weighted by atomic mass is 32.2. The molecule has 0 saturated carbocycles. The van der Waals surface area contributed by atoms with Gasteiger partial charge in [0, 0.05) is 35.3 Å². The molecule has 0 aliphatic rings. The zero-order chi connectivity index (χ0) is 23.0. The summed E-state index contributed by atoms with van der Waals surface area (Å²) in [6, 6.07) is 10.1. The number of hydrogen-bond donors (Lipinski definition) is 1. The van der Waals surface area contributed by atoms with Gasteiger partial charge in [-0.05, 0) is 42.6 Å². The Morgan fingerprint density at radius 1 is 1.12 bits per heavy atom. The molecule has 164 valence electrons. The normalized spacial score (nSPS) is 11.5. The second kappa shape index (κ2) is 8.29. The third-order valence-electron chi connectivity index (χ3n) is 4.66. The number of aromatic nitrogens is 3. The predicted molar refractivity (Wildman–Crippen MR) is 123 cm³/mol. The number of anilines is 1. The zero-order valence-electron chi connectivity index (χ0n) is 17.0. The maximum atomic E-state index is 14.3. The molecule has 8 nitrogen and oxygen atoms in total. The lowest BCUT2D eigenvalue weighted by Gasteiger charge is -2.13. The number of pyridine rings is 2. The number of methoxy groups -OCH3 is 1. The van der Waals surface area contributed by atoms with Crippen molar-refractivity contribution in [2.24, 2.45) is 0 Å². The Kier molecular flexibility index (Phi) is 5.66. The van der Waals surface area contributed by atoms with E-state index in [2.05, 4.69) is 23.9 Å². The van der Waals surface area contributed by atoms with Gasteiger partial charge in [-0.15, -0.1) is 9.24 Å². The Hall–Kier alpha value is -3.36. The summed E-state index contributed by atoms with van der Waals surface area (Å²) < 4.78 is 48.8. The molecule has 3 aromatic heterocycles. The molecule has 0 fully saturated rings. The highest BCUT2D eigenvalue weighted by molar-refractivity contribution is 7.92. The molecule has 1 aromatic carbocycles. The molecule has 0 aliphatic heterocycles. The van der Waals surface area contributed by atoms with E-state index in [1.54, 1.807) is 25.3 Å². The first-order chi connectivity index (χ1) is 15.2. The fraction of sp³-hybridized carbons (Fsp3) is 0.0952. The van der Waals surface area contributed by atoms with E-state index in [1.165, 1.54) is 42.0 Å². The monoisotopic (exact) mass is 472 g/mol. The van der Waals surface area contributed by atoms with Crippen molar-refractivity contribution in [3.63, 3.8) is 0 Å². The van der Waals surface area contributed by atoms with E-state index in [0.717, 1.165) is 6.07 Å². The minimum atomic E-state index is -4.26. The Morgan fingerprint density at radius 3 is 2.62 bits per heavy atom. The van der Waals surface area contributed by atoms with Crippen LogP contribution in [0.5, 0.6) is 5.88 Å². The number of benzene rings is 1. The Labute approximate surface area is 185 Å². The van der Waals surface area contributed by atoms with Gasteiger partial charge in [0.1, 0.15) is 22.0 Å². The van der Waals surface area contributed by atoms with Crippen LogP contribution in [0.2, 0.25) is 0 Å². The molecule has 0 bridgehead atoms. The van der Waals surface area contributed by atoms with Gasteiger partial charge in [-0.25, -0.2) is 22.8 Å². The van der Waals surface area contributed by atoms with Gasteiger partial charge in [-0.2, -0.15) is 0 Å². The van der Waals surface area contributed by atoms with Crippen molar-refractivity contribution < 1.29 is 17.5 Å². The Balaban J connectivity index is 1.78. The molecule has 4 rings (SSSR count). The fourth-order valence-corrected chi connectivity index (χ4v) is 4.52. The van der Waals surface area contributed by atoms with Crippen molar-refractivity contribution in [1.82, 2.24) is 14.4 Å². The summed E-state index contributed by atoms with van der Waals surface area (Å²) in [5.74, 6) is -0.875. The van der Waals surface area contributed by atoms with Crippen LogP contribution in [0, 0.1) is 12.7 Å². The second-order valence-corrected chi connectivity index (χ2v) is 9.28. The van der Waals surface area contributed by atoms with Crippen molar-refractivity contribution in [2.45, 2.75) is 11.8 Å². The van der Waals surface area contributed by atoms with E-state index in [1.807, 2.05) is 0 Å². The molecule has 0 saturated heterocycles. The maximum absolute atomic E-state index is 14.3. The first-order valence-corrected chi connectivity index (χ1v) is 11.4. The molecule has 0 aliphatic carbocycles. The van der Waals surface area contributed by atoms with Crippen molar-refractivity contribution in [1.29, 1.82) is 0 Å². The molecule has 1 unspecified atom stereocenters. The molecule has 0 radical (unpaired) electrons. The minimum absolute atomic E-state index is 0.00986. The number of ether oxygens (including phenoxy) is 1. The molecule has 0 amide bonds. The molecule has 4 aromatic rings. The summed E-state index contributed by atoms with van der Waals surface area (Å²) in [5.41, 5.74) is 1.97. The van der Waals surface area contributed by atoms with Crippen LogP contribution in [0.1, 0.15) is 5.69 Å². The average Bonchev–Trinajstić information content (AvgIpc) is 2.73. The molecule has 3 heterocycles. The van der Waals surface area contributed by atoms with Crippen LogP contribution in [-0.2, 0) is 10.0 Å². The summed E-state index contributed by atoms with van der Waals surface area (Å²) in [6.07, 6.45) is 3.07. The van der Waals surface area contributed by atoms with Crippen molar-refractivity contribution >= 4 is 35.9 Å². The molecular weight excluding hydrogens is 454 g/mol. The van der Waals surface area contributed by atoms with Crippen molar-refractivity contribution in [3.8, 4) is 17.0 Å². The molecule has 0 spiro atoms. The van der Waals surface area contributed by atoms with Gasteiger partial charge in [0.25, 0.3) is 15.6 Å². The molecular formula is C21H18FN4O4PS. The molecule has 1 N–H and O–H groups in total. The lowest BCUT2D eigenvalue weighted by molar-refractivity contribution is 0.400. The van der Waals surface area contributed by atoms with E-state index >= 15 is 0 Å². The summed E-state index contributed by atoms with van der Waals surface area (Å²) in [6.45, 7) is 1.73. The van der Waals surface area contributed by atoms with Crippen LogP contribution in [-0.4, -0.2) is 29.9 Å². The third-order valence-corrected chi connectivity index (χ3v) is 6.41. The van der Waals surface area contributed by atoms with E-state index < -0.39 is 20.7 Å². The Bertz CT molecular complexity index is 1520. The van der Waals surface area contributed by atoms with Gasteiger partial charge in [0.2, 0.25) is 5.88 Å². The van der Waals surface area contributed by atoms with Crippen LogP contribution in [0.3, 0.4) is 0 Å². The maximum Gasteiger partial charge on any atom is 0.264 e. The fourth-order valence-electron chi connectivity index (χ4n) is 3.17. The van der Waals surface area contributed by atoms with Crippen LogP contribution < -0.4 is 20.3 Å². The van der Waals surface area contributed by atoms with Gasteiger partial charge >= 0.3 is 0 Å². The van der Waals surface area contributed by atoms with Crippen LogP contribution in [0.4, 0.5) is 10.1 Å². The predicted octanol–water partition coefficient (Wildman–Crippen LogP) is 2.51. The minimum Gasteiger partial charge on any atom is -0.480 e. The lowest BCUT2D eigenvalue weighted by atomic mass is 10.1. The zero-order valence-corrected chi connectivity index (χ0v) is 19.0. The number of sulfonamides is 1. The number of hydrogen-bond acceptors (Lipinski definition) is 6.